The van der Waals surface area contributed by atoms with E-state index in [9.17, 15) is 4.79 Å². The lowest BCUT2D eigenvalue weighted by atomic mass is 9.49. The Kier molecular flexibility index (Phi) is 4.18. The van der Waals surface area contributed by atoms with Crippen LogP contribution in [0.1, 0.15) is 48.9 Å². The summed E-state index contributed by atoms with van der Waals surface area (Å²) in [6.45, 7) is 0.845. The minimum absolute atomic E-state index is 0.0389. The maximum Gasteiger partial charge on any atom is 0.251 e. The topological polar surface area (TPSA) is 38.3 Å². The molecule has 140 valence electrons. The van der Waals surface area contributed by atoms with Crippen molar-refractivity contribution in [3.05, 3.63) is 60.2 Å². The summed E-state index contributed by atoms with van der Waals surface area (Å²) < 4.78 is 5.81. The molecule has 0 aliphatic heterocycles. The first-order chi connectivity index (χ1) is 13.2. The normalized spacial score (nSPS) is 30.9. The molecule has 3 heteroatoms. The highest BCUT2D eigenvalue weighted by Crippen LogP contribution is 2.59. The summed E-state index contributed by atoms with van der Waals surface area (Å²) in [6, 6.07) is 17.1. The number of carbonyl (C=O) groups excluding carboxylic acids is 1. The molecule has 2 aromatic carbocycles. The highest BCUT2D eigenvalue weighted by Gasteiger charge is 2.50. The molecule has 0 unspecified atom stereocenters. The van der Waals surface area contributed by atoms with Gasteiger partial charge >= 0.3 is 0 Å². The Balaban J connectivity index is 1.20. The maximum atomic E-state index is 12.7. The van der Waals surface area contributed by atoms with Crippen molar-refractivity contribution in [2.24, 2.45) is 23.2 Å². The van der Waals surface area contributed by atoms with Crippen LogP contribution in [0.15, 0.2) is 54.6 Å². The van der Waals surface area contributed by atoms with Crippen LogP contribution in [-0.4, -0.2) is 12.5 Å². The molecule has 0 heterocycles. The summed E-state index contributed by atoms with van der Waals surface area (Å²) in [6.07, 6.45) is 8.29. The summed E-state index contributed by atoms with van der Waals surface area (Å²) in [4.78, 5) is 12.7. The van der Waals surface area contributed by atoms with E-state index in [1.54, 1.807) is 0 Å². The molecule has 4 bridgehead atoms. The fraction of sp³-hybridized carbons (Fsp3) is 0.458. The number of hydrogen-bond donors (Lipinski definition) is 1. The number of nitrogens with one attached hydrogen (secondary N) is 1. The Morgan fingerprint density at radius 1 is 0.852 bits per heavy atom. The standard InChI is InChI=1S/C24H27NO2/c26-23(20-6-8-22(9-7-20)27-21-4-2-1-3-5-21)25-16-24-13-17-10-18(14-24)12-19(11-17)15-24/h1-9,17-19H,10-16H2,(H,25,26). The average Bonchev–Trinajstić information content (AvgIpc) is 2.67. The molecule has 0 atom stereocenters. The number of ether oxygens (including phenoxy) is 1. The van der Waals surface area contributed by atoms with Crippen molar-refractivity contribution in [3.8, 4) is 11.5 Å². The van der Waals surface area contributed by atoms with Crippen LogP contribution in [0.2, 0.25) is 0 Å². The molecule has 6 rings (SSSR count). The lowest BCUT2D eigenvalue weighted by Gasteiger charge is -2.56. The molecule has 1 amide bonds. The summed E-state index contributed by atoms with van der Waals surface area (Å²) in [5, 5.41) is 3.25. The number of amides is 1. The van der Waals surface area contributed by atoms with E-state index in [4.69, 9.17) is 4.74 Å². The molecule has 1 N–H and O–H groups in total. The molecule has 4 fully saturated rings. The molecular formula is C24H27NO2. The van der Waals surface area contributed by atoms with Crippen LogP contribution in [-0.2, 0) is 0 Å². The third-order valence-electron chi connectivity index (χ3n) is 6.88. The second-order valence-electron chi connectivity index (χ2n) is 9.04. The highest BCUT2D eigenvalue weighted by molar-refractivity contribution is 5.94. The van der Waals surface area contributed by atoms with E-state index in [0.29, 0.717) is 11.0 Å². The third kappa shape index (κ3) is 3.47. The van der Waals surface area contributed by atoms with E-state index in [-0.39, 0.29) is 5.91 Å². The highest BCUT2D eigenvalue weighted by atomic mass is 16.5. The molecule has 0 spiro atoms. The fourth-order valence-electron chi connectivity index (χ4n) is 6.18. The summed E-state index contributed by atoms with van der Waals surface area (Å²) in [7, 11) is 0. The van der Waals surface area contributed by atoms with Gasteiger partial charge in [0, 0.05) is 12.1 Å². The molecular weight excluding hydrogens is 334 g/mol. The zero-order valence-corrected chi connectivity index (χ0v) is 15.7. The predicted molar refractivity (Wildman–Crippen MR) is 106 cm³/mol. The Morgan fingerprint density at radius 2 is 1.41 bits per heavy atom. The van der Waals surface area contributed by atoms with Crippen molar-refractivity contribution in [1.82, 2.24) is 5.32 Å². The Morgan fingerprint density at radius 3 is 2.00 bits per heavy atom. The van der Waals surface area contributed by atoms with Crippen LogP contribution in [0.4, 0.5) is 0 Å². The molecule has 0 radical (unpaired) electrons. The number of rotatable bonds is 5. The lowest BCUT2D eigenvalue weighted by Crippen LogP contribution is -2.51. The van der Waals surface area contributed by atoms with Crippen LogP contribution in [0.5, 0.6) is 11.5 Å². The first-order valence-electron chi connectivity index (χ1n) is 10.3. The van der Waals surface area contributed by atoms with E-state index in [2.05, 4.69) is 5.32 Å². The van der Waals surface area contributed by atoms with Gasteiger partial charge in [0.2, 0.25) is 0 Å². The zero-order chi connectivity index (χ0) is 18.3. The Labute approximate surface area is 161 Å². The van der Waals surface area contributed by atoms with Crippen molar-refractivity contribution >= 4 is 5.91 Å². The van der Waals surface area contributed by atoms with E-state index < -0.39 is 0 Å². The van der Waals surface area contributed by atoms with Crippen molar-refractivity contribution in [3.63, 3.8) is 0 Å². The first kappa shape index (κ1) is 16.9. The molecule has 4 aliphatic carbocycles. The van der Waals surface area contributed by atoms with Crippen LogP contribution >= 0.6 is 0 Å². The van der Waals surface area contributed by atoms with Gasteiger partial charge in [0.1, 0.15) is 11.5 Å². The summed E-state index contributed by atoms with van der Waals surface area (Å²) in [5.74, 6) is 4.35. The van der Waals surface area contributed by atoms with Gasteiger partial charge in [0.25, 0.3) is 5.91 Å². The number of benzene rings is 2. The predicted octanol–water partition coefficient (Wildman–Crippen LogP) is 5.43. The molecule has 4 saturated carbocycles. The lowest BCUT2D eigenvalue weighted by molar-refractivity contribution is -0.0503. The average molecular weight is 361 g/mol. The van der Waals surface area contributed by atoms with E-state index >= 15 is 0 Å². The second-order valence-corrected chi connectivity index (χ2v) is 9.04. The van der Waals surface area contributed by atoms with Crippen LogP contribution < -0.4 is 10.1 Å². The minimum Gasteiger partial charge on any atom is -0.457 e. The van der Waals surface area contributed by atoms with Crippen LogP contribution in [0.25, 0.3) is 0 Å². The van der Waals surface area contributed by atoms with Crippen molar-refractivity contribution < 1.29 is 9.53 Å². The maximum absolute atomic E-state index is 12.7. The van der Waals surface area contributed by atoms with Gasteiger partial charge in [-0.05, 0) is 98.1 Å². The SMILES string of the molecule is O=C(NCC12CC3CC(CC(C3)C1)C2)c1ccc(Oc2ccccc2)cc1. The largest absolute Gasteiger partial charge is 0.457 e. The van der Waals surface area contributed by atoms with Gasteiger partial charge in [-0.25, -0.2) is 0 Å². The van der Waals surface area contributed by atoms with Crippen molar-refractivity contribution in [2.75, 3.05) is 6.54 Å². The Bertz CT molecular complexity index is 777. The molecule has 4 aliphatic rings. The molecule has 2 aromatic rings. The minimum atomic E-state index is 0.0389. The zero-order valence-electron chi connectivity index (χ0n) is 15.7. The Hall–Kier alpha value is -2.29. The van der Waals surface area contributed by atoms with Gasteiger partial charge in [-0.1, -0.05) is 18.2 Å². The first-order valence-corrected chi connectivity index (χ1v) is 10.3. The summed E-state index contributed by atoms with van der Waals surface area (Å²) >= 11 is 0. The van der Waals surface area contributed by atoms with E-state index in [0.717, 1.165) is 35.8 Å². The van der Waals surface area contributed by atoms with Crippen LogP contribution in [0.3, 0.4) is 0 Å². The van der Waals surface area contributed by atoms with Gasteiger partial charge in [-0.3, -0.25) is 4.79 Å². The van der Waals surface area contributed by atoms with Crippen LogP contribution in [0, 0.1) is 23.2 Å². The molecule has 0 saturated heterocycles. The van der Waals surface area contributed by atoms with E-state index in [1.807, 2.05) is 54.6 Å². The molecule has 0 aromatic heterocycles. The molecule has 27 heavy (non-hydrogen) atoms. The van der Waals surface area contributed by atoms with Crippen molar-refractivity contribution in [2.45, 2.75) is 38.5 Å². The van der Waals surface area contributed by atoms with Gasteiger partial charge in [0.15, 0.2) is 0 Å². The number of carbonyl (C=O) groups is 1. The van der Waals surface area contributed by atoms with Gasteiger partial charge in [0.05, 0.1) is 0 Å². The molecule has 3 nitrogen and oxygen atoms in total. The number of para-hydroxylation sites is 1. The summed E-state index contributed by atoms with van der Waals surface area (Å²) in [5.41, 5.74) is 1.08. The monoisotopic (exact) mass is 361 g/mol. The third-order valence-corrected chi connectivity index (χ3v) is 6.88. The number of hydrogen-bond acceptors (Lipinski definition) is 2. The quantitative estimate of drug-likeness (QED) is 0.772. The fourth-order valence-corrected chi connectivity index (χ4v) is 6.18. The second kappa shape index (κ2) is 6.70. The van der Waals surface area contributed by atoms with Gasteiger partial charge in [-0.15, -0.1) is 0 Å². The van der Waals surface area contributed by atoms with E-state index in [1.165, 1.54) is 38.5 Å². The van der Waals surface area contributed by atoms with Gasteiger partial charge in [-0.2, -0.15) is 0 Å². The van der Waals surface area contributed by atoms with Gasteiger partial charge < -0.3 is 10.1 Å². The van der Waals surface area contributed by atoms with Crippen molar-refractivity contribution in [1.29, 1.82) is 0 Å². The smallest absolute Gasteiger partial charge is 0.251 e.